The second-order valence-electron chi connectivity index (χ2n) is 9.80. The van der Waals surface area contributed by atoms with Crippen molar-refractivity contribution in [3.8, 4) is 0 Å². The third kappa shape index (κ3) is 2.30. The maximum atomic E-state index is 14.0. The smallest absolute Gasteiger partial charge is 0.269 e. The van der Waals surface area contributed by atoms with E-state index in [-0.39, 0.29) is 23.5 Å². The molecule has 9 nitrogen and oxygen atoms in total. The number of fused-ring (bicyclic) bond motifs is 7. The lowest BCUT2D eigenvalue weighted by atomic mass is 9.75. The molecule has 2 aromatic rings. The van der Waals surface area contributed by atoms with Crippen molar-refractivity contribution in [1.29, 1.82) is 0 Å². The lowest BCUT2D eigenvalue weighted by Crippen LogP contribution is -2.54. The lowest BCUT2D eigenvalue weighted by Gasteiger charge is -2.36. The van der Waals surface area contributed by atoms with E-state index >= 15 is 0 Å². The number of carbonyl (C=O) groups excluding carboxylic acids is 3. The van der Waals surface area contributed by atoms with Crippen LogP contribution >= 0.6 is 0 Å². The second kappa shape index (κ2) is 6.73. The van der Waals surface area contributed by atoms with Crippen molar-refractivity contribution in [1.82, 2.24) is 4.90 Å². The van der Waals surface area contributed by atoms with Gasteiger partial charge in [0.1, 0.15) is 5.54 Å². The molecule has 4 aliphatic heterocycles. The molecular weight excluding hydrogens is 436 g/mol. The first kappa shape index (κ1) is 21.0. The molecule has 0 aliphatic carbocycles. The first-order valence-electron chi connectivity index (χ1n) is 11.5. The maximum absolute atomic E-state index is 14.0. The molecular formula is C25H24N4O5. The van der Waals surface area contributed by atoms with Crippen molar-refractivity contribution in [3.05, 3.63) is 62.7 Å². The summed E-state index contributed by atoms with van der Waals surface area (Å²) < 4.78 is 0. The summed E-state index contributed by atoms with van der Waals surface area (Å²) in [6.45, 7) is 6.23. The fourth-order valence-electron chi connectivity index (χ4n) is 6.76. The van der Waals surface area contributed by atoms with Crippen LogP contribution in [0.3, 0.4) is 0 Å². The number of hydrogen-bond acceptors (Lipinski definition) is 6. The van der Waals surface area contributed by atoms with Gasteiger partial charge in [0.05, 0.1) is 22.4 Å². The van der Waals surface area contributed by atoms with Crippen LogP contribution < -0.4 is 10.2 Å². The number of anilines is 2. The molecule has 4 heterocycles. The Morgan fingerprint density at radius 3 is 2.53 bits per heavy atom. The van der Waals surface area contributed by atoms with E-state index in [1.165, 1.54) is 18.2 Å². The van der Waals surface area contributed by atoms with Gasteiger partial charge in [-0.2, -0.15) is 0 Å². The van der Waals surface area contributed by atoms with Crippen LogP contribution in [-0.2, 0) is 19.9 Å². The molecule has 9 heteroatoms. The fraction of sp³-hybridized carbons (Fsp3) is 0.400. The fourth-order valence-corrected chi connectivity index (χ4v) is 6.76. The monoisotopic (exact) mass is 460 g/mol. The standard InChI is InChI=1S/C25H24N4O5/c1-12-6-8-16-21(14(12)3)26-24(32)25(16)20-19(18-5-4-10-27(18)25)22(30)28(23(20)31)17-9-7-15(29(33)34)11-13(17)2/h6-9,11,18-20H,4-5,10H2,1-3H3,(H,26,32)/t18-,19-,20-,25-/m1/s1. The Hall–Kier alpha value is -3.59. The molecule has 4 aliphatic rings. The first-order valence-corrected chi connectivity index (χ1v) is 11.5. The normalized spacial score (nSPS) is 29.6. The van der Waals surface area contributed by atoms with E-state index in [9.17, 15) is 24.5 Å². The summed E-state index contributed by atoms with van der Waals surface area (Å²) >= 11 is 0. The summed E-state index contributed by atoms with van der Waals surface area (Å²) in [7, 11) is 0. The molecule has 3 amide bonds. The van der Waals surface area contributed by atoms with Gasteiger partial charge in [-0.25, -0.2) is 4.90 Å². The van der Waals surface area contributed by atoms with Crippen LogP contribution in [0.25, 0.3) is 0 Å². The average molecular weight is 460 g/mol. The van der Waals surface area contributed by atoms with Crippen LogP contribution in [0.2, 0.25) is 0 Å². The highest BCUT2D eigenvalue weighted by Crippen LogP contribution is 2.61. The van der Waals surface area contributed by atoms with E-state index in [1.54, 1.807) is 6.92 Å². The Kier molecular flexibility index (Phi) is 4.15. The number of nitrogens with zero attached hydrogens (tertiary/aromatic N) is 3. The average Bonchev–Trinajstić information content (AvgIpc) is 3.50. The Bertz CT molecular complexity index is 1340. The number of amides is 3. The third-order valence-corrected chi connectivity index (χ3v) is 8.33. The van der Waals surface area contributed by atoms with Crippen LogP contribution in [0.4, 0.5) is 17.1 Å². The summed E-state index contributed by atoms with van der Waals surface area (Å²) in [5.41, 5.74) is 2.99. The van der Waals surface area contributed by atoms with Crippen molar-refractivity contribution in [3.63, 3.8) is 0 Å². The van der Waals surface area contributed by atoms with Gasteiger partial charge in [0.15, 0.2) is 0 Å². The number of nitro groups is 1. The van der Waals surface area contributed by atoms with Gasteiger partial charge in [-0.1, -0.05) is 12.1 Å². The second-order valence-corrected chi connectivity index (χ2v) is 9.80. The molecule has 2 aromatic carbocycles. The largest absolute Gasteiger partial charge is 0.324 e. The van der Waals surface area contributed by atoms with Gasteiger partial charge in [0.2, 0.25) is 17.7 Å². The summed E-state index contributed by atoms with van der Waals surface area (Å²) in [5, 5.41) is 14.2. The molecule has 1 N–H and O–H groups in total. The number of aryl methyl sites for hydroxylation is 2. The first-order chi connectivity index (χ1) is 16.2. The molecule has 0 bridgehead atoms. The topological polar surface area (TPSA) is 113 Å². The molecule has 0 aromatic heterocycles. The highest BCUT2D eigenvalue weighted by molar-refractivity contribution is 6.26. The van der Waals surface area contributed by atoms with Crippen molar-refractivity contribution in [2.45, 2.75) is 45.2 Å². The van der Waals surface area contributed by atoms with Crippen molar-refractivity contribution >= 4 is 34.8 Å². The quantitative estimate of drug-likeness (QED) is 0.419. The predicted octanol–water partition coefficient (Wildman–Crippen LogP) is 2.95. The number of nitrogens with one attached hydrogen (secondary N) is 1. The molecule has 174 valence electrons. The number of non-ortho nitro benzene ring substituents is 1. The van der Waals surface area contributed by atoms with E-state index in [4.69, 9.17) is 0 Å². The molecule has 0 unspecified atom stereocenters. The van der Waals surface area contributed by atoms with Crippen LogP contribution in [0, 0.1) is 42.7 Å². The van der Waals surface area contributed by atoms with Gasteiger partial charge >= 0.3 is 0 Å². The number of imide groups is 1. The van der Waals surface area contributed by atoms with Crippen LogP contribution in [0.1, 0.15) is 35.1 Å². The minimum absolute atomic E-state index is 0.103. The summed E-state index contributed by atoms with van der Waals surface area (Å²) in [6.07, 6.45) is 1.59. The van der Waals surface area contributed by atoms with Crippen LogP contribution in [-0.4, -0.2) is 40.1 Å². The zero-order valence-corrected chi connectivity index (χ0v) is 19.1. The molecule has 0 saturated carbocycles. The van der Waals surface area contributed by atoms with Gasteiger partial charge in [-0.3, -0.25) is 29.4 Å². The van der Waals surface area contributed by atoms with Crippen molar-refractivity contribution in [2.24, 2.45) is 11.8 Å². The van der Waals surface area contributed by atoms with Crippen LogP contribution in [0.15, 0.2) is 30.3 Å². The molecule has 34 heavy (non-hydrogen) atoms. The van der Waals surface area contributed by atoms with E-state index < -0.39 is 28.2 Å². The van der Waals surface area contributed by atoms with E-state index in [0.29, 0.717) is 17.8 Å². The van der Waals surface area contributed by atoms with Crippen molar-refractivity contribution in [2.75, 3.05) is 16.8 Å². The minimum Gasteiger partial charge on any atom is -0.324 e. The van der Waals surface area contributed by atoms with Crippen molar-refractivity contribution < 1.29 is 19.3 Å². The Balaban J connectivity index is 1.54. The molecule has 3 saturated heterocycles. The molecule has 4 atom stereocenters. The highest BCUT2D eigenvalue weighted by atomic mass is 16.6. The highest BCUT2D eigenvalue weighted by Gasteiger charge is 2.74. The molecule has 3 fully saturated rings. The maximum Gasteiger partial charge on any atom is 0.269 e. The Labute approximate surface area is 195 Å². The number of carbonyl (C=O) groups is 3. The van der Waals surface area contributed by atoms with E-state index in [2.05, 4.69) is 10.2 Å². The summed E-state index contributed by atoms with van der Waals surface area (Å²) in [4.78, 5) is 55.5. The van der Waals surface area contributed by atoms with Gasteiger partial charge < -0.3 is 5.32 Å². The molecule has 1 spiro atoms. The SMILES string of the molecule is Cc1cc([N+](=O)[O-])ccc1N1C(=O)[C@@H]2[C@H]3CCCN3[C@@]3(C(=O)Nc4c3ccc(C)c4C)[C@H]2C1=O. The van der Waals surface area contributed by atoms with Crippen LogP contribution in [0.5, 0.6) is 0 Å². The number of benzene rings is 2. The lowest BCUT2D eigenvalue weighted by molar-refractivity contribution is -0.384. The molecule has 6 rings (SSSR count). The Morgan fingerprint density at radius 2 is 1.82 bits per heavy atom. The predicted molar refractivity (Wildman–Crippen MR) is 123 cm³/mol. The number of rotatable bonds is 2. The van der Waals surface area contributed by atoms with Gasteiger partial charge in [-0.05, 0) is 62.9 Å². The Morgan fingerprint density at radius 1 is 1.06 bits per heavy atom. The van der Waals surface area contributed by atoms with Gasteiger partial charge in [0, 0.05) is 29.4 Å². The minimum atomic E-state index is -1.23. The summed E-state index contributed by atoms with van der Waals surface area (Å²) in [6, 6.07) is 7.81. The van der Waals surface area contributed by atoms with E-state index in [0.717, 1.165) is 40.1 Å². The number of hydrogen-bond donors (Lipinski definition) is 1. The van der Waals surface area contributed by atoms with Gasteiger partial charge in [0.25, 0.3) is 5.69 Å². The van der Waals surface area contributed by atoms with E-state index in [1.807, 2.05) is 26.0 Å². The van der Waals surface area contributed by atoms with Gasteiger partial charge in [-0.15, -0.1) is 0 Å². The zero-order chi connectivity index (χ0) is 24.1. The summed E-state index contributed by atoms with van der Waals surface area (Å²) in [5.74, 6) is -2.47. The molecule has 0 radical (unpaired) electrons. The zero-order valence-electron chi connectivity index (χ0n) is 19.1. The third-order valence-electron chi connectivity index (χ3n) is 8.33. The number of nitro benzene ring substituents is 1.